The van der Waals surface area contributed by atoms with Gasteiger partial charge in [0.2, 0.25) is 0 Å². The van der Waals surface area contributed by atoms with Crippen molar-refractivity contribution in [3.05, 3.63) is 48.6 Å². The molecule has 0 aliphatic rings. The van der Waals surface area contributed by atoms with Crippen molar-refractivity contribution in [2.24, 2.45) is 0 Å². The zero-order valence-corrected chi connectivity index (χ0v) is 8.59. The average molecular weight is 206 g/mol. The molecule has 0 aromatic heterocycles. The van der Waals surface area contributed by atoms with Crippen molar-refractivity contribution < 1.29 is 14.6 Å². The van der Waals surface area contributed by atoms with Gasteiger partial charge in [-0.3, -0.25) is 4.79 Å². The number of ether oxygens (including phenoxy) is 1. The lowest BCUT2D eigenvalue weighted by Crippen LogP contribution is -2.22. The predicted molar refractivity (Wildman–Crippen MR) is 57.2 cm³/mol. The molecule has 0 bridgehead atoms. The Bertz CT molecular complexity index is 332. The summed E-state index contributed by atoms with van der Waals surface area (Å²) in [6.07, 6.45) is -0.156. The van der Waals surface area contributed by atoms with Crippen molar-refractivity contribution in [3.8, 4) is 0 Å². The summed E-state index contributed by atoms with van der Waals surface area (Å²) in [5.74, 6) is -0.435. The third-order valence-corrected chi connectivity index (χ3v) is 1.99. The Morgan fingerprint density at radius 3 is 2.53 bits per heavy atom. The SMILES string of the molecule is C=C[C@@H](OC(C)=O)[C@H](O)c1ccccc1. The molecule has 15 heavy (non-hydrogen) atoms. The predicted octanol–water partition coefficient (Wildman–Crippen LogP) is 1.84. The second kappa shape index (κ2) is 5.32. The molecular formula is C12H14O3. The molecule has 3 heteroatoms. The van der Waals surface area contributed by atoms with E-state index in [-0.39, 0.29) is 0 Å². The zero-order valence-electron chi connectivity index (χ0n) is 8.59. The first-order chi connectivity index (χ1) is 7.15. The lowest BCUT2D eigenvalue weighted by molar-refractivity contribution is -0.149. The van der Waals surface area contributed by atoms with Crippen LogP contribution in [0.1, 0.15) is 18.6 Å². The van der Waals surface area contributed by atoms with Crippen molar-refractivity contribution in [1.29, 1.82) is 0 Å². The summed E-state index contributed by atoms with van der Waals surface area (Å²) in [5, 5.41) is 9.88. The van der Waals surface area contributed by atoms with E-state index in [4.69, 9.17) is 4.74 Å². The maximum Gasteiger partial charge on any atom is 0.303 e. The summed E-state index contributed by atoms with van der Waals surface area (Å²) < 4.78 is 4.91. The fourth-order valence-electron chi connectivity index (χ4n) is 1.27. The van der Waals surface area contributed by atoms with E-state index < -0.39 is 18.2 Å². The quantitative estimate of drug-likeness (QED) is 0.604. The van der Waals surface area contributed by atoms with Crippen LogP contribution >= 0.6 is 0 Å². The van der Waals surface area contributed by atoms with Crippen LogP contribution in [0.5, 0.6) is 0 Å². The van der Waals surface area contributed by atoms with Crippen molar-refractivity contribution in [2.75, 3.05) is 0 Å². The number of esters is 1. The van der Waals surface area contributed by atoms with Gasteiger partial charge < -0.3 is 9.84 Å². The molecule has 0 saturated heterocycles. The summed E-state index contributed by atoms with van der Waals surface area (Å²) in [6.45, 7) is 4.82. The molecule has 80 valence electrons. The third kappa shape index (κ3) is 3.22. The normalized spacial score (nSPS) is 14.0. The molecule has 1 N–H and O–H groups in total. The molecule has 0 aliphatic heterocycles. The molecule has 1 aromatic rings. The Hall–Kier alpha value is -1.61. The standard InChI is InChI=1S/C12H14O3/c1-3-11(15-9(2)13)12(14)10-7-5-4-6-8-10/h3-8,11-12,14H,1H2,2H3/t11-,12-/m1/s1. The van der Waals surface area contributed by atoms with E-state index in [1.807, 2.05) is 18.2 Å². The minimum atomic E-state index is -0.868. The van der Waals surface area contributed by atoms with Crippen LogP contribution in [0, 0.1) is 0 Å². The van der Waals surface area contributed by atoms with Crippen LogP contribution in [0.4, 0.5) is 0 Å². The highest BCUT2D eigenvalue weighted by Gasteiger charge is 2.20. The summed E-state index contributed by atoms with van der Waals surface area (Å²) in [5.41, 5.74) is 0.698. The first-order valence-corrected chi connectivity index (χ1v) is 4.68. The molecule has 0 fully saturated rings. The molecule has 2 atom stereocenters. The van der Waals surface area contributed by atoms with Gasteiger partial charge in [-0.25, -0.2) is 0 Å². The van der Waals surface area contributed by atoms with Crippen LogP contribution in [0.3, 0.4) is 0 Å². The van der Waals surface area contributed by atoms with E-state index >= 15 is 0 Å². The van der Waals surface area contributed by atoms with Gasteiger partial charge in [-0.05, 0) is 11.6 Å². The lowest BCUT2D eigenvalue weighted by Gasteiger charge is -2.19. The number of carbonyl (C=O) groups is 1. The minimum Gasteiger partial charge on any atom is -0.455 e. The molecule has 0 spiro atoms. The van der Waals surface area contributed by atoms with Gasteiger partial charge in [-0.2, -0.15) is 0 Å². The zero-order chi connectivity index (χ0) is 11.3. The molecule has 3 nitrogen and oxygen atoms in total. The van der Waals surface area contributed by atoms with Gasteiger partial charge in [0.15, 0.2) is 0 Å². The maximum absolute atomic E-state index is 10.8. The molecule has 0 aliphatic carbocycles. The van der Waals surface area contributed by atoms with Crippen molar-refractivity contribution in [2.45, 2.75) is 19.1 Å². The van der Waals surface area contributed by atoms with Crippen LogP contribution in [0.25, 0.3) is 0 Å². The van der Waals surface area contributed by atoms with Gasteiger partial charge in [-0.1, -0.05) is 36.9 Å². The Morgan fingerprint density at radius 1 is 1.47 bits per heavy atom. The Morgan fingerprint density at radius 2 is 2.07 bits per heavy atom. The number of aliphatic hydroxyl groups is 1. The summed E-state index contributed by atoms with van der Waals surface area (Å²) in [6, 6.07) is 9.01. The molecule has 0 radical (unpaired) electrons. The van der Waals surface area contributed by atoms with Crippen molar-refractivity contribution in [3.63, 3.8) is 0 Å². The molecule has 0 amide bonds. The number of hydrogen-bond acceptors (Lipinski definition) is 3. The van der Waals surface area contributed by atoms with Crippen LogP contribution in [-0.4, -0.2) is 17.2 Å². The average Bonchev–Trinajstić information content (AvgIpc) is 2.26. The number of hydrogen-bond donors (Lipinski definition) is 1. The highest BCUT2D eigenvalue weighted by Crippen LogP contribution is 2.19. The molecule has 1 aromatic carbocycles. The highest BCUT2D eigenvalue weighted by atomic mass is 16.6. The van der Waals surface area contributed by atoms with Crippen LogP contribution in [-0.2, 0) is 9.53 Å². The van der Waals surface area contributed by atoms with E-state index in [2.05, 4.69) is 6.58 Å². The van der Waals surface area contributed by atoms with E-state index in [1.54, 1.807) is 12.1 Å². The van der Waals surface area contributed by atoms with E-state index in [0.29, 0.717) is 5.56 Å². The Kier molecular flexibility index (Phi) is 4.06. The first kappa shape index (κ1) is 11.5. The Balaban J connectivity index is 2.77. The van der Waals surface area contributed by atoms with Crippen LogP contribution in [0.2, 0.25) is 0 Å². The smallest absolute Gasteiger partial charge is 0.303 e. The van der Waals surface area contributed by atoms with Crippen molar-refractivity contribution in [1.82, 2.24) is 0 Å². The first-order valence-electron chi connectivity index (χ1n) is 4.68. The molecule has 0 unspecified atom stereocenters. The highest BCUT2D eigenvalue weighted by molar-refractivity contribution is 5.66. The van der Waals surface area contributed by atoms with Crippen LogP contribution < -0.4 is 0 Å². The number of carbonyl (C=O) groups excluding carboxylic acids is 1. The largest absolute Gasteiger partial charge is 0.455 e. The lowest BCUT2D eigenvalue weighted by atomic mass is 10.0. The van der Waals surface area contributed by atoms with Crippen molar-refractivity contribution >= 4 is 5.97 Å². The van der Waals surface area contributed by atoms with E-state index in [9.17, 15) is 9.90 Å². The van der Waals surface area contributed by atoms with Gasteiger partial charge in [0.05, 0.1) is 0 Å². The molecule has 0 saturated carbocycles. The van der Waals surface area contributed by atoms with E-state index in [0.717, 1.165) is 0 Å². The second-order valence-electron chi connectivity index (χ2n) is 3.17. The third-order valence-electron chi connectivity index (χ3n) is 1.99. The van der Waals surface area contributed by atoms with Gasteiger partial charge >= 0.3 is 5.97 Å². The molecule has 1 rings (SSSR count). The summed E-state index contributed by atoms with van der Waals surface area (Å²) >= 11 is 0. The number of benzene rings is 1. The number of aliphatic hydroxyl groups excluding tert-OH is 1. The molecular weight excluding hydrogens is 192 g/mol. The van der Waals surface area contributed by atoms with Gasteiger partial charge in [0, 0.05) is 6.92 Å². The number of rotatable bonds is 4. The fraction of sp³-hybridized carbons (Fsp3) is 0.250. The minimum absolute atomic E-state index is 0.435. The second-order valence-corrected chi connectivity index (χ2v) is 3.17. The monoisotopic (exact) mass is 206 g/mol. The Labute approximate surface area is 89.0 Å². The van der Waals surface area contributed by atoms with E-state index in [1.165, 1.54) is 13.0 Å². The fourth-order valence-corrected chi connectivity index (χ4v) is 1.27. The maximum atomic E-state index is 10.8. The summed E-state index contributed by atoms with van der Waals surface area (Å²) in [7, 11) is 0. The van der Waals surface area contributed by atoms with Gasteiger partial charge in [-0.15, -0.1) is 0 Å². The van der Waals surface area contributed by atoms with Gasteiger partial charge in [0.1, 0.15) is 12.2 Å². The summed E-state index contributed by atoms with van der Waals surface area (Å²) in [4.78, 5) is 10.8. The van der Waals surface area contributed by atoms with Gasteiger partial charge in [0.25, 0.3) is 0 Å². The molecule has 0 heterocycles. The van der Waals surface area contributed by atoms with Crippen LogP contribution in [0.15, 0.2) is 43.0 Å². The topological polar surface area (TPSA) is 46.5 Å².